The van der Waals surface area contributed by atoms with Gasteiger partial charge in [0.25, 0.3) is 5.56 Å². The molecule has 0 aliphatic heterocycles. The van der Waals surface area contributed by atoms with Crippen LogP contribution in [0.15, 0.2) is 76.0 Å². The minimum Gasteiger partial charge on any atom is -0.462 e. The number of amides is 1. The van der Waals surface area contributed by atoms with Crippen LogP contribution in [-0.4, -0.2) is 33.8 Å². The van der Waals surface area contributed by atoms with E-state index in [1.165, 1.54) is 16.6 Å². The Morgan fingerprint density at radius 1 is 1.09 bits per heavy atom. The Hall–Kier alpha value is -3.43. The lowest BCUT2D eigenvalue weighted by Gasteiger charge is -2.13. The molecule has 0 radical (unpaired) electrons. The van der Waals surface area contributed by atoms with Crippen LogP contribution in [0.3, 0.4) is 0 Å². The largest absolute Gasteiger partial charge is 0.462 e. The van der Waals surface area contributed by atoms with Crippen molar-refractivity contribution in [2.24, 2.45) is 0 Å². The van der Waals surface area contributed by atoms with Crippen LogP contribution < -0.4 is 10.9 Å². The molecule has 0 unspecified atom stereocenters. The third-order valence-electron chi connectivity index (χ3n) is 5.02. The molecule has 4 aromatic rings. The zero-order valence-electron chi connectivity index (χ0n) is 18.5. The molecule has 1 N–H and O–H groups in total. The highest BCUT2D eigenvalue weighted by Gasteiger charge is 2.16. The minimum atomic E-state index is -0.496. The van der Waals surface area contributed by atoms with E-state index >= 15 is 0 Å². The topological polar surface area (TPSA) is 90.3 Å². The molecule has 0 fully saturated rings. The van der Waals surface area contributed by atoms with Gasteiger partial charge in [-0.3, -0.25) is 14.2 Å². The van der Waals surface area contributed by atoms with E-state index in [-0.39, 0.29) is 23.8 Å². The van der Waals surface area contributed by atoms with E-state index in [2.05, 4.69) is 10.3 Å². The number of rotatable bonds is 9. The number of fused-ring (bicyclic) bond motifs is 1. The number of hydrogen-bond acceptors (Lipinski definition) is 7. The summed E-state index contributed by atoms with van der Waals surface area (Å²) in [7, 11) is 0. The average Bonchev–Trinajstić information content (AvgIpc) is 3.36. The van der Waals surface area contributed by atoms with E-state index in [4.69, 9.17) is 4.74 Å². The Bertz CT molecular complexity index is 1370. The first kappa shape index (κ1) is 23.7. The van der Waals surface area contributed by atoms with Gasteiger partial charge >= 0.3 is 5.97 Å². The van der Waals surface area contributed by atoms with Gasteiger partial charge < -0.3 is 10.1 Å². The van der Waals surface area contributed by atoms with Gasteiger partial charge in [-0.15, -0.1) is 11.3 Å². The maximum absolute atomic E-state index is 13.2. The molecule has 0 saturated carbocycles. The molecule has 9 heteroatoms. The van der Waals surface area contributed by atoms with Gasteiger partial charge in [0.1, 0.15) is 0 Å². The SMILES string of the molecule is CCOC(=O)c1ccccc1NC(=O)CSc1nc2ccccc2c(=O)n1CCc1cccs1. The lowest BCUT2D eigenvalue weighted by atomic mass is 10.2. The summed E-state index contributed by atoms with van der Waals surface area (Å²) in [5.74, 6) is -0.778. The maximum atomic E-state index is 13.2. The van der Waals surface area contributed by atoms with Crippen molar-refractivity contribution in [3.63, 3.8) is 0 Å². The first-order valence-corrected chi connectivity index (χ1v) is 12.6. The molecule has 7 nitrogen and oxygen atoms in total. The molecule has 4 rings (SSSR count). The average molecular weight is 494 g/mol. The van der Waals surface area contributed by atoms with Crippen molar-refractivity contribution in [1.29, 1.82) is 0 Å². The smallest absolute Gasteiger partial charge is 0.340 e. The number of ether oxygens (including phenoxy) is 1. The fraction of sp³-hybridized carbons (Fsp3) is 0.200. The fourth-order valence-corrected chi connectivity index (χ4v) is 4.95. The van der Waals surface area contributed by atoms with Gasteiger partial charge in [0.2, 0.25) is 5.91 Å². The Morgan fingerprint density at radius 3 is 2.68 bits per heavy atom. The number of nitrogens with zero attached hydrogens (tertiary/aromatic N) is 2. The second-order valence-electron chi connectivity index (χ2n) is 7.30. The third kappa shape index (κ3) is 5.55. The maximum Gasteiger partial charge on any atom is 0.340 e. The quantitative estimate of drug-likeness (QED) is 0.208. The van der Waals surface area contributed by atoms with Crippen LogP contribution in [0, 0.1) is 0 Å². The Labute approximate surface area is 204 Å². The zero-order chi connectivity index (χ0) is 23.9. The zero-order valence-corrected chi connectivity index (χ0v) is 20.2. The van der Waals surface area contributed by atoms with Crippen molar-refractivity contribution in [1.82, 2.24) is 9.55 Å². The number of aryl methyl sites for hydroxylation is 1. The number of thiophene rings is 1. The molecule has 34 heavy (non-hydrogen) atoms. The summed E-state index contributed by atoms with van der Waals surface area (Å²) < 4.78 is 6.70. The third-order valence-corrected chi connectivity index (χ3v) is 6.93. The number of hydrogen-bond donors (Lipinski definition) is 1. The van der Waals surface area contributed by atoms with E-state index in [0.29, 0.717) is 40.3 Å². The Kier molecular flexibility index (Phi) is 7.76. The highest BCUT2D eigenvalue weighted by molar-refractivity contribution is 7.99. The number of benzene rings is 2. The second-order valence-corrected chi connectivity index (χ2v) is 9.28. The van der Waals surface area contributed by atoms with E-state index in [1.54, 1.807) is 59.2 Å². The summed E-state index contributed by atoms with van der Waals surface area (Å²) in [5.41, 5.74) is 1.14. The van der Waals surface area contributed by atoms with E-state index in [9.17, 15) is 14.4 Å². The van der Waals surface area contributed by atoms with E-state index in [0.717, 1.165) is 0 Å². The Morgan fingerprint density at radius 2 is 1.88 bits per heavy atom. The summed E-state index contributed by atoms with van der Waals surface area (Å²) >= 11 is 2.83. The normalized spacial score (nSPS) is 10.9. The highest BCUT2D eigenvalue weighted by atomic mass is 32.2. The van der Waals surface area contributed by atoms with Gasteiger partial charge in [-0.25, -0.2) is 9.78 Å². The van der Waals surface area contributed by atoms with E-state index in [1.807, 2.05) is 29.6 Å². The molecular weight excluding hydrogens is 470 g/mol. The highest BCUT2D eigenvalue weighted by Crippen LogP contribution is 2.21. The summed E-state index contributed by atoms with van der Waals surface area (Å²) in [6, 6.07) is 17.9. The van der Waals surface area contributed by atoms with Crippen LogP contribution in [0.1, 0.15) is 22.2 Å². The monoisotopic (exact) mass is 493 g/mol. The number of carbonyl (C=O) groups excluding carboxylic acids is 2. The number of carbonyl (C=O) groups is 2. The predicted octanol–water partition coefficient (Wildman–Crippen LogP) is 4.61. The van der Waals surface area contributed by atoms with Crippen LogP contribution in [0.4, 0.5) is 5.69 Å². The van der Waals surface area contributed by atoms with E-state index < -0.39 is 5.97 Å². The first-order valence-electron chi connectivity index (χ1n) is 10.8. The summed E-state index contributed by atoms with van der Waals surface area (Å²) in [4.78, 5) is 43.9. The number of thioether (sulfide) groups is 1. The number of esters is 1. The van der Waals surface area contributed by atoms with Crippen molar-refractivity contribution in [3.05, 3.63) is 86.8 Å². The molecule has 174 valence electrons. The number of nitrogens with one attached hydrogen (secondary N) is 1. The summed E-state index contributed by atoms with van der Waals surface area (Å²) in [6.45, 7) is 2.44. The summed E-state index contributed by atoms with van der Waals surface area (Å²) in [6.07, 6.45) is 0.699. The molecule has 2 aromatic carbocycles. The first-order chi connectivity index (χ1) is 16.6. The predicted molar refractivity (Wildman–Crippen MR) is 136 cm³/mol. The van der Waals surface area contributed by atoms with Gasteiger partial charge in [-0.1, -0.05) is 42.1 Å². The van der Waals surface area contributed by atoms with Crippen molar-refractivity contribution in [2.45, 2.75) is 25.0 Å². The molecule has 1 amide bonds. The van der Waals surface area contributed by atoms with Crippen LogP contribution in [0.2, 0.25) is 0 Å². The molecule has 0 saturated heterocycles. The van der Waals surface area contributed by atoms with Gasteiger partial charge in [0, 0.05) is 11.4 Å². The molecule has 0 spiro atoms. The minimum absolute atomic E-state index is 0.0287. The number of para-hydroxylation sites is 2. The number of aromatic nitrogens is 2. The van der Waals surface area contributed by atoms with Crippen LogP contribution in [0.25, 0.3) is 10.9 Å². The fourth-order valence-electron chi connectivity index (χ4n) is 3.43. The summed E-state index contributed by atoms with van der Waals surface area (Å²) in [5, 5.41) is 5.80. The molecule has 0 bridgehead atoms. The van der Waals surface area contributed by atoms with Crippen molar-refractivity contribution < 1.29 is 14.3 Å². The number of anilines is 1. The lowest BCUT2D eigenvalue weighted by Crippen LogP contribution is -2.25. The van der Waals surface area contributed by atoms with Gasteiger partial charge in [-0.05, 0) is 49.1 Å². The lowest BCUT2D eigenvalue weighted by molar-refractivity contribution is -0.113. The van der Waals surface area contributed by atoms with Crippen LogP contribution >= 0.6 is 23.1 Å². The van der Waals surface area contributed by atoms with Gasteiger partial charge in [0.15, 0.2) is 5.16 Å². The molecule has 2 heterocycles. The molecule has 0 aliphatic carbocycles. The van der Waals surface area contributed by atoms with Gasteiger partial charge in [0.05, 0.1) is 34.5 Å². The van der Waals surface area contributed by atoms with Crippen molar-refractivity contribution >= 4 is 51.6 Å². The molecule has 0 aliphatic rings. The van der Waals surface area contributed by atoms with Crippen molar-refractivity contribution in [2.75, 3.05) is 17.7 Å². The second kappa shape index (κ2) is 11.1. The van der Waals surface area contributed by atoms with Crippen LogP contribution in [0.5, 0.6) is 0 Å². The standard InChI is InChI=1S/C25H23N3O4S2/c1-2-32-24(31)19-10-4-6-12-21(19)26-22(29)16-34-25-27-20-11-5-3-9-18(20)23(30)28(25)14-13-17-8-7-15-33-17/h3-12,15H,2,13-14,16H2,1H3,(H,26,29). The molecule has 0 atom stereocenters. The molecule has 2 aromatic heterocycles. The van der Waals surface area contributed by atoms with Gasteiger partial charge in [-0.2, -0.15) is 0 Å². The Balaban J connectivity index is 1.54. The molecular formula is C25H23N3O4S2. The van der Waals surface area contributed by atoms with Crippen LogP contribution in [-0.2, 0) is 22.5 Å². The van der Waals surface area contributed by atoms with Crippen molar-refractivity contribution in [3.8, 4) is 0 Å².